The van der Waals surface area contributed by atoms with Crippen molar-refractivity contribution >= 4 is 23.5 Å². The maximum Gasteiger partial charge on any atom is 0.312 e. The van der Waals surface area contributed by atoms with Crippen molar-refractivity contribution in [2.24, 2.45) is 10.8 Å². The Hall–Kier alpha value is -3.62. The Morgan fingerprint density at radius 2 is 1.59 bits per heavy atom. The fourth-order valence-electron chi connectivity index (χ4n) is 4.52. The third-order valence-electron chi connectivity index (χ3n) is 6.92. The largest absolute Gasteiger partial charge is 0.496 e. The van der Waals surface area contributed by atoms with Crippen molar-refractivity contribution in [3.8, 4) is 11.5 Å². The predicted octanol–water partition coefficient (Wildman–Crippen LogP) is 6.53. The average Bonchev–Trinajstić information content (AvgIpc) is 2.88. The van der Waals surface area contributed by atoms with Crippen molar-refractivity contribution in [2.75, 3.05) is 19.0 Å². The highest BCUT2D eigenvalue weighted by Crippen LogP contribution is 2.40. The van der Waals surface area contributed by atoms with E-state index < -0.39 is 22.7 Å². The number of benzene rings is 2. The van der Waals surface area contributed by atoms with Crippen LogP contribution in [0.3, 0.4) is 0 Å². The molecule has 3 rings (SSSR count). The van der Waals surface area contributed by atoms with E-state index in [1.807, 2.05) is 48.5 Å². The van der Waals surface area contributed by atoms with Gasteiger partial charge in [0.15, 0.2) is 11.6 Å². The molecule has 41 heavy (non-hydrogen) atoms. The minimum Gasteiger partial charge on any atom is -0.496 e. The average molecular weight is 571 g/mol. The second-order valence-corrected chi connectivity index (χ2v) is 13.1. The zero-order valence-electron chi connectivity index (χ0n) is 25.4. The van der Waals surface area contributed by atoms with E-state index >= 15 is 4.39 Å². The van der Waals surface area contributed by atoms with Crippen LogP contribution in [0.4, 0.5) is 10.1 Å². The zero-order chi connectivity index (χ0) is 30.6. The van der Waals surface area contributed by atoms with Crippen LogP contribution in [0.25, 0.3) is 0 Å². The molecule has 0 atom stereocenters. The Bertz CT molecular complexity index is 1270. The number of esters is 1. The molecule has 0 heterocycles. The lowest BCUT2D eigenvalue weighted by molar-refractivity contribution is -0.169. The first-order valence-electron chi connectivity index (χ1n) is 14.0. The van der Waals surface area contributed by atoms with Gasteiger partial charge in [-0.1, -0.05) is 32.9 Å². The summed E-state index contributed by atoms with van der Waals surface area (Å²) in [6.45, 7) is 13.9. The molecule has 224 valence electrons. The Kier molecular flexibility index (Phi) is 9.72. The molecule has 1 aliphatic rings. The molecule has 1 saturated carbocycles. The first-order valence-corrected chi connectivity index (χ1v) is 14.0. The first-order chi connectivity index (χ1) is 19.0. The maximum absolute atomic E-state index is 15.0. The number of methoxy groups -OCH3 is 1. The van der Waals surface area contributed by atoms with Crippen molar-refractivity contribution < 1.29 is 33.0 Å². The summed E-state index contributed by atoms with van der Waals surface area (Å²) in [6, 6.07) is 9.09. The number of para-hydroxylation sites is 1. The van der Waals surface area contributed by atoms with Crippen LogP contribution >= 0.6 is 0 Å². The van der Waals surface area contributed by atoms with Gasteiger partial charge in [0.1, 0.15) is 11.4 Å². The maximum atomic E-state index is 15.0. The van der Waals surface area contributed by atoms with Crippen molar-refractivity contribution in [1.82, 2.24) is 5.32 Å². The molecule has 2 N–H and O–H groups in total. The van der Waals surface area contributed by atoms with Gasteiger partial charge in [0.05, 0.1) is 35.4 Å². The highest BCUT2D eigenvalue weighted by Gasteiger charge is 2.41. The van der Waals surface area contributed by atoms with Crippen molar-refractivity contribution in [3.63, 3.8) is 0 Å². The Labute approximate surface area is 242 Å². The van der Waals surface area contributed by atoms with E-state index in [4.69, 9.17) is 14.2 Å². The molecule has 2 aromatic carbocycles. The Morgan fingerprint density at radius 1 is 0.951 bits per heavy atom. The van der Waals surface area contributed by atoms with Crippen LogP contribution in [0.2, 0.25) is 0 Å². The quantitative estimate of drug-likeness (QED) is 0.350. The monoisotopic (exact) mass is 570 g/mol. The molecule has 0 saturated heterocycles. The molecule has 0 aliphatic heterocycles. The molecule has 1 aliphatic carbocycles. The predicted molar refractivity (Wildman–Crippen MR) is 156 cm³/mol. The fraction of sp³-hybridized carbons (Fsp3) is 0.531. The number of nitrogens with one attached hydrogen (secondary N) is 2. The summed E-state index contributed by atoms with van der Waals surface area (Å²) in [5.41, 5.74) is -0.651. The Balaban J connectivity index is 1.75. The molecule has 1 fully saturated rings. The topological polar surface area (TPSA) is 103 Å². The van der Waals surface area contributed by atoms with Gasteiger partial charge in [-0.2, -0.15) is 0 Å². The molecule has 0 radical (unpaired) electrons. The lowest BCUT2D eigenvalue weighted by atomic mass is 9.74. The third-order valence-corrected chi connectivity index (χ3v) is 6.92. The van der Waals surface area contributed by atoms with Crippen LogP contribution in [0.15, 0.2) is 36.4 Å². The van der Waals surface area contributed by atoms with Gasteiger partial charge in [0.25, 0.3) is 11.8 Å². The van der Waals surface area contributed by atoms with Crippen LogP contribution in [0.5, 0.6) is 11.5 Å². The van der Waals surface area contributed by atoms with E-state index in [9.17, 15) is 14.4 Å². The molecular weight excluding hydrogens is 527 g/mol. The van der Waals surface area contributed by atoms with E-state index in [1.165, 1.54) is 13.2 Å². The van der Waals surface area contributed by atoms with Crippen LogP contribution < -0.4 is 20.1 Å². The highest BCUT2D eigenvalue weighted by atomic mass is 19.1. The highest BCUT2D eigenvalue weighted by molar-refractivity contribution is 6.10. The smallest absolute Gasteiger partial charge is 0.312 e. The van der Waals surface area contributed by atoms with Crippen LogP contribution in [0, 0.1) is 16.6 Å². The van der Waals surface area contributed by atoms with Gasteiger partial charge in [-0.05, 0) is 77.0 Å². The summed E-state index contributed by atoms with van der Waals surface area (Å²) in [5.74, 6) is -1.86. The van der Waals surface area contributed by atoms with Gasteiger partial charge in [-0.15, -0.1) is 0 Å². The van der Waals surface area contributed by atoms with Gasteiger partial charge in [-0.3, -0.25) is 14.4 Å². The minimum absolute atomic E-state index is 0.0307. The summed E-state index contributed by atoms with van der Waals surface area (Å²) in [4.78, 5) is 38.9. The van der Waals surface area contributed by atoms with E-state index in [0.29, 0.717) is 43.5 Å². The molecule has 0 spiro atoms. The number of rotatable bonds is 8. The van der Waals surface area contributed by atoms with Crippen molar-refractivity contribution in [3.05, 3.63) is 53.3 Å². The number of hydrogen-bond acceptors (Lipinski definition) is 6. The number of ether oxygens (including phenoxy) is 3. The Morgan fingerprint density at radius 3 is 2.17 bits per heavy atom. The van der Waals surface area contributed by atoms with Gasteiger partial charge in [0, 0.05) is 12.6 Å². The SMILES string of the molecule is COc1cc(F)c(O[C@H]2CC[C@@](C)(C(=O)OC(C)(C)C)CC2)cc1C(=O)Nc1ccccc1C(=O)NCC(C)(C)C. The van der Waals surface area contributed by atoms with Gasteiger partial charge >= 0.3 is 5.97 Å². The summed E-state index contributed by atoms with van der Waals surface area (Å²) in [7, 11) is 1.35. The third kappa shape index (κ3) is 8.68. The first kappa shape index (κ1) is 31.9. The van der Waals surface area contributed by atoms with E-state index in [1.54, 1.807) is 24.3 Å². The summed E-state index contributed by atoms with van der Waals surface area (Å²) >= 11 is 0. The fourth-order valence-corrected chi connectivity index (χ4v) is 4.52. The number of carbonyl (C=O) groups is 3. The lowest BCUT2D eigenvalue weighted by Gasteiger charge is -2.37. The number of anilines is 1. The van der Waals surface area contributed by atoms with Crippen LogP contribution in [-0.2, 0) is 9.53 Å². The molecule has 8 nitrogen and oxygen atoms in total. The molecule has 0 aromatic heterocycles. The number of amides is 2. The van der Waals surface area contributed by atoms with Gasteiger partial charge < -0.3 is 24.8 Å². The standard InChI is InChI=1S/C32H43FN2O6/c1-30(2,3)19-34-27(36)21-11-9-10-12-24(21)35-28(37)22-17-26(23(33)18-25(22)39-8)40-20-13-15-32(7,16-14-20)29(38)41-31(4,5)6/h9-12,17-18,20H,13-16,19H2,1-8H3,(H,34,36)(H,35,37)/t20-,32+. The number of carbonyl (C=O) groups excluding carboxylic acids is 3. The van der Waals surface area contributed by atoms with Crippen LogP contribution in [-0.4, -0.2) is 43.1 Å². The normalized spacial score (nSPS) is 19.2. The zero-order valence-corrected chi connectivity index (χ0v) is 25.4. The van der Waals surface area contributed by atoms with E-state index in [2.05, 4.69) is 10.6 Å². The summed E-state index contributed by atoms with van der Waals surface area (Å²) < 4.78 is 31.9. The van der Waals surface area contributed by atoms with Crippen LogP contribution in [0.1, 0.15) is 94.9 Å². The van der Waals surface area contributed by atoms with Crippen molar-refractivity contribution in [1.29, 1.82) is 0 Å². The van der Waals surface area contributed by atoms with Gasteiger partial charge in [-0.25, -0.2) is 4.39 Å². The van der Waals surface area contributed by atoms with E-state index in [0.717, 1.165) is 6.07 Å². The van der Waals surface area contributed by atoms with Gasteiger partial charge in [0.2, 0.25) is 0 Å². The minimum atomic E-state index is -0.666. The molecule has 2 amide bonds. The van der Waals surface area contributed by atoms with Crippen molar-refractivity contribution in [2.45, 2.75) is 85.9 Å². The lowest BCUT2D eigenvalue weighted by Crippen LogP contribution is -2.40. The summed E-state index contributed by atoms with van der Waals surface area (Å²) in [6.07, 6.45) is 1.79. The van der Waals surface area contributed by atoms with E-state index in [-0.39, 0.29) is 40.5 Å². The summed E-state index contributed by atoms with van der Waals surface area (Å²) in [5, 5.41) is 5.65. The number of halogens is 1. The number of hydrogen-bond donors (Lipinski definition) is 2. The second kappa shape index (κ2) is 12.5. The molecular formula is C32H43FN2O6. The molecule has 0 unspecified atom stereocenters. The second-order valence-electron chi connectivity index (χ2n) is 13.1. The molecule has 2 aromatic rings. The molecule has 9 heteroatoms. The molecule has 0 bridgehead atoms.